The quantitative estimate of drug-likeness (QED) is 0.742. The summed E-state index contributed by atoms with van der Waals surface area (Å²) in [7, 11) is 0. The van der Waals surface area contributed by atoms with Gasteiger partial charge < -0.3 is 10.1 Å². The van der Waals surface area contributed by atoms with Gasteiger partial charge in [-0.3, -0.25) is 4.79 Å². The summed E-state index contributed by atoms with van der Waals surface area (Å²) in [5.41, 5.74) is 0.768. The first kappa shape index (κ1) is 7.36. The van der Waals surface area contributed by atoms with Crippen molar-refractivity contribution in [1.82, 2.24) is 4.98 Å². The summed E-state index contributed by atoms with van der Waals surface area (Å²) in [5, 5.41) is 11.6. The highest BCUT2D eigenvalue weighted by molar-refractivity contribution is 7.16. The van der Waals surface area contributed by atoms with E-state index in [2.05, 4.69) is 4.98 Å². The topological polar surface area (TPSA) is 53.1 Å². The van der Waals surface area contributed by atoms with Crippen molar-refractivity contribution in [2.75, 3.05) is 0 Å². The van der Waals surface area contributed by atoms with Gasteiger partial charge in [-0.15, -0.1) is 11.3 Å². The highest BCUT2D eigenvalue weighted by Gasteiger charge is 2.04. The number of aromatic nitrogens is 1. The molecule has 0 aliphatic heterocycles. The number of H-pyrrole nitrogens is 1. The highest BCUT2D eigenvalue weighted by Crippen LogP contribution is 2.20. The van der Waals surface area contributed by atoms with Crippen LogP contribution in [0.5, 0.6) is 0 Å². The SMILES string of the molecule is O=C(O)Cc1cc2ccsc2[nH]1. The molecule has 2 N–H and O–H groups in total. The van der Waals surface area contributed by atoms with Gasteiger partial charge in [-0.2, -0.15) is 0 Å². The van der Waals surface area contributed by atoms with E-state index in [0.717, 1.165) is 15.9 Å². The van der Waals surface area contributed by atoms with E-state index in [1.807, 2.05) is 17.5 Å². The monoisotopic (exact) mass is 181 g/mol. The predicted octanol–water partition coefficient (Wildman–Crippen LogP) is 1.86. The molecule has 0 saturated carbocycles. The molecule has 0 aliphatic rings. The Balaban J connectivity index is 2.38. The van der Waals surface area contributed by atoms with Crippen molar-refractivity contribution in [1.29, 1.82) is 0 Å². The second-order valence-electron chi connectivity index (χ2n) is 2.57. The maximum absolute atomic E-state index is 10.4. The molecular formula is C8H7NO2S. The summed E-state index contributed by atoms with van der Waals surface area (Å²) < 4.78 is 0. The second kappa shape index (κ2) is 2.64. The minimum absolute atomic E-state index is 0.0708. The molecule has 0 saturated heterocycles. The molecule has 0 atom stereocenters. The fourth-order valence-electron chi connectivity index (χ4n) is 1.16. The minimum atomic E-state index is -0.802. The van der Waals surface area contributed by atoms with Crippen LogP contribution in [0.2, 0.25) is 0 Å². The lowest BCUT2D eigenvalue weighted by molar-refractivity contribution is -0.136. The zero-order valence-corrected chi connectivity index (χ0v) is 7.02. The second-order valence-corrected chi connectivity index (χ2v) is 3.49. The molecule has 4 heteroatoms. The molecule has 3 nitrogen and oxygen atoms in total. The van der Waals surface area contributed by atoms with Gasteiger partial charge in [-0.1, -0.05) is 0 Å². The number of rotatable bonds is 2. The molecule has 2 heterocycles. The van der Waals surface area contributed by atoms with E-state index in [1.165, 1.54) is 0 Å². The molecule has 0 spiro atoms. The largest absolute Gasteiger partial charge is 0.481 e. The van der Waals surface area contributed by atoms with Gasteiger partial charge in [-0.25, -0.2) is 0 Å². The van der Waals surface area contributed by atoms with Crippen LogP contribution in [0.4, 0.5) is 0 Å². The van der Waals surface area contributed by atoms with Crippen molar-refractivity contribution in [3.63, 3.8) is 0 Å². The predicted molar refractivity (Wildman–Crippen MR) is 47.5 cm³/mol. The molecule has 2 aromatic heterocycles. The van der Waals surface area contributed by atoms with Gasteiger partial charge in [0.05, 0.1) is 11.3 Å². The summed E-state index contributed by atoms with van der Waals surface area (Å²) in [6, 6.07) is 3.85. The number of nitrogens with one attached hydrogen (secondary N) is 1. The van der Waals surface area contributed by atoms with E-state index < -0.39 is 5.97 Å². The van der Waals surface area contributed by atoms with Crippen molar-refractivity contribution in [2.45, 2.75) is 6.42 Å². The van der Waals surface area contributed by atoms with Crippen LogP contribution in [0.3, 0.4) is 0 Å². The van der Waals surface area contributed by atoms with Crippen LogP contribution in [0.15, 0.2) is 17.5 Å². The Kier molecular flexibility index (Phi) is 1.62. The number of carboxylic acid groups (broad SMARTS) is 1. The third-order valence-corrected chi connectivity index (χ3v) is 2.49. The van der Waals surface area contributed by atoms with E-state index in [9.17, 15) is 4.79 Å². The van der Waals surface area contributed by atoms with Crippen LogP contribution < -0.4 is 0 Å². The van der Waals surface area contributed by atoms with E-state index in [4.69, 9.17) is 5.11 Å². The van der Waals surface area contributed by atoms with Crippen LogP contribution in [-0.2, 0) is 11.2 Å². The van der Waals surface area contributed by atoms with Crippen molar-refractivity contribution in [3.05, 3.63) is 23.2 Å². The number of thiophene rings is 1. The van der Waals surface area contributed by atoms with Crippen molar-refractivity contribution >= 4 is 27.5 Å². The number of hydrogen-bond donors (Lipinski definition) is 2. The Morgan fingerprint density at radius 2 is 2.50 bits per heavy atom. The standard InChI is InChI=1S/C8H7NO2S/c10-7(11)4-6-3-5-1-2-12-8(5)9-6/h1-3,9H,4H2,(H,10,11). The molecule has 0 aromatic carbocycles. The smallest absolute Gasteiger partial charge is 0.309 e. The maximum atomic E-state index is 10.4. The Hall–Kier alpha value is -1.29. The average Bonchev–Trinajstić information content (AvgIpc) is 2.43. The molecule has 62 valence electrons. The van der Waals surface area contributed by atoms with E-state index in [-0.39, 0.29) is 6.42 Å². The molecule has 0 amide bonds. The van der Waals surface area contributed by atoms with Crippen molar-refractivity contribution < 1.29 is 9.90 Å². The first-order valence-electron chi connectivity index (χ1n) is 3.52. The van der Waals surface area contributed by atoms with E-state index in [1.54, 1.807) is 11.3 Å². The number of hydrogen-bond acceptors (Lipinski definition) is 2. The lowest BCUT2D eigenvalue weighted by atomic mass is 10.3. The molecule has 0 bridgehead atoms. The first-order chi connectivity index (χ1) is 5.75. The number of aromatic amines is 1. The molecule has 12 heavy (non-hydrogen) atoms. The Labute approximate surface area is 72.6 Å². The fourth-order valence-corrected chi connectivity index (χ4v) is 1.97. The van der Waals surface area contributed by atoms with Gasteiger partial charge in [0.15, 0.2) is 0 Å². The van der Waals surface area contributed by atoms with Gasteiger partial charge in [0.1, 0.15) is 0 Å². The summed E-state index contributed by atoms with van der Waals surface area (Å²) in [6.07, 6.45) is 0.0708. The Morgan fingerprint density at radius 3 is 3.17 bits per heavy atom. The van der Waals surface area contributed by atoms with Gasteiger partial charge in [-0.05, 0) is 17.5 Å². The lowest BCUT2D eigenvalue weighted by Crippen LogP contribution is -1.99. The van der Waals surface area contributed by atoms with E-state index in [0.29, 0.717) is 0 Å². The highest BCUT2D eigenvalue weighted by atomic mass is 32.1. The third kappa shape index (κ3) is 1.21. The van der Waals surface area contributed by atoms with Gasteiger partial charge >= 0.3 is 5.97 Å². The van der Waals surface area contributed by atoms with Crippen LogP contribution in [-0.4, -0.2) is 16.1 Å². The minimum Gasteiger partial charge on any atom is -0.481 e. The normalized spacial score (nSPS) is 10.7. The third-order valence-electron chi connectivity index (χ3n) is 1.64. The summed E-state index contributed by atoms with van der Waals surface area (Å²) in [5.74, 6) is -0.802. The molecule has 0 fully saturated rings. The number of fused-ring (bicyclic) bond motifs is 1. The van der Waals surface area contributed by atoms with Crippen molar-refractivity contribution in [3.8, 4) is 0 Å². The number of carboxylic acids is 1. The Bertz CT molecular complexity index is 387. The molecule has 2 rings (SSSR count). The zero-order chi connectivity index (χ0) is 8.55. The molecule has 0 unspecified atom stereocenters. The number of aliphatic carboxylic acids is 1. The van der Waals surface area contributed by atoms with Crippen LogP contribution in [0.25, 0.3) is 10.2 Å². The number of carbonyl (C=O) groups is 1. The van der Waals surface area contributed by atoms with Gasteiger partial charge in [0.2, 0.25) is 0 Å². The molecule has 0 aliphatic carbocycles. The summed E-state index contributed by atoms with van der Waals surface area (Å²) in [4.78, 5) is 14.4. The van der Waals surface area contributed by atoms with Gasteiger partial charge in [0, 0.05) is 11.1 Å². The maximum Gasteiger partial charge on any atom is 0.309 e. The van der Waals surface area contributed by atoms with Crippen LogP contribution >= 0.6 is 11.3 Å². The van der Waals surface area contributed by atoms with E-state index >= 15 is 0 Å². The Morgan fingerprint density at radius 1 is 1.67 bits per heavy atom. The summed E-state index contributed by atoms with van der Waals surface area (Å²) in [6.45, 7) is 0. The van der Waals surface area contributed by atoms with Crippen LogP contribution in [0, 0.1) is 0 Å². The van der Waals surface area contributed by atoms with Gasteiger partial charge in [0.25, 0.3) is 0 Å². The fraction of sp³-hybridized carbons (Fsp3) is 0.125. The first-order valence-corrected chi connectivity index (χ1v) is 4.40. The average molecular weight is 181 g/mol. The molecular weight excluding hydrogens is 174 g/mol. The lowest BCUT2D eigenvalue weighted by Gasteiger charge is -1.87. The van der Waals surface area contributed by atoms with Crippen molar-refractivity contribution in [2.24, 2.45) is 0 Å². The molecule has 2 aromatic rings. The van der Waals surface area contributed by atoms with Crippen LogP contribution in [0.1, 0.15) is 5.69 Å². The summed E-state index contributed by atoms with van der Waals surface area (Å²) >= 11 is 1.59. The zero-order valence-electron chi connectivity index (χ0n) is 6.20. The molecule has 0 radical (unpaired) electrons.